The average Bonchev–Trinajstić information content (AvgIpc) is 2.74. The summed E-state index contributed by atoms with van der Waals surface area (Å²) in [4.78, 5) is 27.5. The minimum absolute atomic E-state index is 0.0869. The van der Waals surface area contributed by atoms with E-state index in [1.165, 1.54) is 4.90 Å². The molecule has 0 spiro atoms. The van der Waals surface area contributed by atoms with Crippen LogP contribution < -0.4 is 14.7 Å². The summed E-state index contributed by atoms with van der Waals surface area (Å²) in [6.45, 7) is 5.82. The fourth-order valence-electron chi connectivity index (χ4n) is 4.45. The van der Waals surface area contributed by atoms with Gasteiger partial charge >= 0.3 is 0 Å². The number of carbonyl (C=O) groups excluding carboxylic acids is 2. The fourth-order valence-corrected chi connectivity index (χ4v) is 4.45. The number of nitrogens with one attached hydrogen (secondary N) is 1. The van der Waals surface area contributed by atoms with Crippen LogP contribution in [0.5, 0.6) is 5.75 Å². The Bertz CT molecular complexity index is 672. The van der Waals surface area contributed by atoms with Crippen molar-refractivity contribution >= 4 is 11.9 Å². The lowest BCUT2D eigenvalue weighted by atomic mass is 9.81. The number of carboxylic acids is 1. The van der Waals surface area contributed by atoms with Gasteiger partial charge in [0.25, 0.3) is 0 Å². The van der Waals surface area contributed by atoms with Crippen LogP contribution in [0, 0.1) is 11.8 Å². The number of rotatable bonds is 8. The molecule has 1 aromatic carbocycles. The molecule has 1 N–H and O–H groups in total. The molecule has 0 aliphatic carbocycles. The van der Waals surface area contributed by atoms with E-state index in [9.17, 15) is 14.7 Å². The highest BCUT2D eigenvalue weighted by molar-refractivity contribution is 5.79. The maximum Gasteiger partial charge on any atom is 0.226 e. The van der Waals surface area contributed by atoms with Crippen LogP contribution in [0.15, 0.2) is 24.3 Å². The summed E-state index contributed by atoms with van der Waals surface area (Å²) in [5, 5.41) is 11.2. The highest BCUT2D eigenvalue weighted by atomic mass is 16.5. The Balaban J connectivity index is 1.57. The van der Waals surface area contributed by atoms with E-state index in [1.54, 1.807) is 7.11 Å². The maximum atomic E-state index is 12.8. The number of methoxy groups -OCH3 is 1. The highest BCUT2D eigenvalue weighted by Gasteiger charge is 2.32. The van der Waals surface area contributed by atoms with E-state index in [0.717, 1.165) is 57.0 Å². The molecule has 2 fully saturated rings. The molecule has 2 atom stereocenters. The number of likely N-dealkylation sites (tertiary alicyclic amines) is 1. The zero-order chi connectivity index (χ0) is 20.6. The molecule has 160 valence electrons. The molecule has 0 bridgehead atoms. The molecule has 2 aliphatic rings. The molecule has 2 aliphatic heterocycles. The van der Waals surface area contributed by atoms with Crippen LogP contribution in [-0.4, -0.2) is 69.8 Å². The van der Waals surface area contributed by atoms with Gasteiger partial charge in [0.05, 0.1) is 33.3 Å². The summed E-state index contributed by atoms with van der Waals surface area (Å²) in [6, 6.07) is 7.56. The maximum absolute atomic E-state index is 12.8. The van der Waals surface area contributed by atoms with E-state index in [1.807, 2.05) is 29.2 Å². The molecule has 7 heteroatoms. The Kier molecular flexibility index (Phi) is 7.89. The summed E-state index contributed by atoms with van der Waals surface area (Å²) >= 11 is 0. The molecule has 0 saturated carbocycles. The number of hydrogen-bond acceptors (Lipinski definition) is 5. The lowest BCUT2D eigenvalue weighted by Crippen LogP contribution is -3.14. The van der Waals surface area contributed by atoms with Crippen molar-refractivity contribution in [2.24, 2.45) is 11.8 Å². The van der Waals surface area contributed by atoms with Gasteiger partial charge in [-0.2, -0.15) is 0 Å². The van der Waals surface area contributed by atoms with Gasteiger partial charge in [0.15, 0.2) is 0 Å². The second-order valence-electron chi connectivity index (χ2n) is 8.15. The minimum Gasteiger partial charge on any atom is -0.550 e. The SMILES string of the molecule is COc1ccc(CC(=O)N2CC[C@@H](CC(=O)[O-])[C@@H](CC[NH+]3CCOCC3)C2)cc1. The summed E-state index contributed by atoms with van der Waals surface area (Å²) < 4.78 is 10.6. The number of amides is 1. The van der Waals surface area contributed by atoms with Gasteiger partial charge in [-0.1, -0.05) is 12.1 Å². The van der Waals surface area contributed by atoms with Crippen molar-refractivity contribution in [1.29, 1.82) is 0 Å². The zero-order valence-electron chi connectivity index (χ0n) is 17.2. The fraction of sp³-hybridized carbons (Fsp3) is 0.636. The molecule has 1 amide bonds. The topological polar surface area (TPSA) is 83.3 Å². The lowest BCUT2D eigenvalue weighted by Gasteiger charge is -2.39. The lowest BCUT2D eigenvalue weighted by molar-refractivity contribution is -0.908. The Morgan fingerprint density at radius 2 is 1.93 bits per heavy atom. The van der Waals surface area contributed by atoms with Crippen LogP contribution in [0.4, 0.5) is 0 Å². The number of quaternary nitrogens is 1. The van der Waals surface area contributed by atoms with E-state index in [-0.39, 0.29) is 24.2 Å². The van der Waals surface area contributed by atoms with Crippen LogP contribution in [0.25, 0.3) is 0 Å². The minimum atomic E-state index is -0.989. The van der Waals surface area contributed by atoms with Crippen molar-refractivity contribution in [3.63, 3.8) is 0 Å². The van der Waals surface area contributed by atoms with E-state index in [2.05, 4.69) is 0 Å². The molecule has 3 rings (SSSR count). The van der Waals surface area contributed by atoms with E-state index in [0.29, 0.717) is 19.5 Å². The number of morpholine rings is 1. The van der Waals surface area contributed by atoms with E-state index >= 15 is 0 Å². The zero-order valence-corrected chi connectivity index (χ0v) is 17.2. The Labute approximate surface area is 172 Å². The summed E-state index contributed by atoms with van der Waals surface area (Å²) in [7, 11) is 1.62. The Morgan fingerprint density at radius 1 is 1.21 bits per heavy atom. The molecule has 1 aromatic rings. The monoisotopic (exact) mass is 404 g/mol. The third-order valence-corrected chi connectivity index (χ3v) is 6.26. The predicted molar refractivity (Wildman–Crippen MR) is 105 cm³/mol. The molecule has 2 heterocycles. The standard InChI is InChI=1S/C22H32N2O5/c1-28-20-4-2-17(3-5-20)14-21(25)24-9-7-18(15-22(26)27)19(16-24)6-8-23-10-12-29-13-11-23/h2-5,18-19H,6-16H2,1H3,(H,26,27)/t18-,19-/m0/s1. The van der Waals surface area contributed by atoms with Crippen LogP contribution in [0.1, 0.15) is 24.8 Å². The molecule has 2 saturated heterocycles. The second-order valence-corrected chi connectivity index (χ2v) is 8.15. The summed E-state index contributed by atoms with van der Waals surface area (Å²) in [5.74, 6) is 0.180. The normalized spacial score (nSPS) is 23.0. The van der Waals surface area contributed by atoms with E-state index in [4.69, 9.17) is 9.47 Å². The first-order valence-corrected chi connectivity index (χ1v) is 10.6. The average molecular weight is 405 g/mol. The van der Waals surface area contributed by atoms with Gasteiger partial charge in [-0.25, -0.2) is 0 Å². The molecular formula is C22H32N2O5. The third-order valence-electron chi connectivity index (χ3n) is 6.26. The molecular weight excluding hydrogens is 372 g/mol. The summed E-state index contributed by atoms with van der Waals surface area (Å²) in [5.41, 5.74) is 0.960. The second kappa shape index (κ2) is 10.6. The quantitative estimate of drug-likeness (QED) is 0.610. The highest BCUT2D eigenvalue weighted by Crippen LogP contribution is 2.29. The van der Waals surface area contributed by atoms with Crippen molar-refractivity contribution in [2.75, 3.05) is 53.0 Å². The van der Waals surface area contributed by atoms with Gasteiger partial charge in [-0.05, 0) is 42.4 Å². The molecule has 0 aromatic heterocycles. The van der Waals surface area contributed by atoms with Crippen LogP contribution in [0.2, 0.25) is 0 Å². The predicted octanol–water partition coefficient (Wildman–Crippen LogP) is -0.852. The molecule has 29 heavy (non-hydrogen) atoms. The molecule has 7 nitrogen and oxygen atoms in total. The number of nitrogens with zero attached hydrogens (tertiary/aromatic N) is 1. The van der Waals surface area contributed by atoms with Crippen molar-refractivity contribution in [1.82, 2.24) is 4.90 Å². The van der Waals surface area contributed by atoms with E-state index < -0.39 is 5.97 Å². The van der Waals surface area contributed by atoms with Gasteiger partial charge in [-0.15, -0.1) is 0 Å². The van der Waals surface area contributed by atoms with Gasteiger partial charge in [0.2, 0.25) is 5.91 Å². The molecule has 0 unspecified atom stereocenters. The number of benzene rings is 1. The number of hydrogen-bond donors (Lipinski definition) is 1. The number of aliphatic carboxylic acids is 1. The number of piperidine rings is 1. The summed E-state index contributed by atoms with van der Waals surface area (Å²) in [6.07, 6.45) is 2.10. The smallest absolute Gasteiger partial charge is 0.226 e. The van der Waals surface area contributed by atoms with Crippen LogP contribution in [-0.2, 0) is 20.7 Å². The first-order valence-electron chi connectivity index (χ1n) is 10.6. The van der Waals surface area contributed by atoms with Gasteiger partial charge < -0.3 is 29.2 Å². The molecule has 0 radical (unpaired) electrons. The Morgan fingerprint density at radius 3 is 2.59 bits per heavy atom. The number of ether oxygens (including phenoxy) is 2. The van der Waals surface area contributed by atoms with Gasteiger partial charge in [-0.3, -0.25) is 4.79 Å². The number of carbonyl (C=O) groups is 2. The van der Waals surface area contributed by atoms with Crippen molar-refractivity contribution in [3.05, 3.63) is 29.8 Å². The van der Waals surface area contributed by atoms with Crippen molar-refractivity contribution in [2.45, 2.75) is 25.7 Å². The van der Waals surface area contributed by atoms with Crippen LogP contribution >= 0.6 is 0 Å². The third kappa shape index (κ3) is 6.44. The largest absolute Gasteiger partial charge is 0.550 e. The first-order chi connectivity index (χ1) is 14.0. The van der Waals surface area contributed by atoms with Gasteiger partial charge in [0, 0.05) is 25.5 Å². The first kappa shape index (κ1) is 21.6. The van der Waals surface area contributed by atoms with Gasteiger partial charge in [0.1, 0.15) is 18.8 Å². The van der Waals surface area contributed by atoms with Crippen LogP contribution in [0.3, 0.4) is 0 Å². The van der Waals surface area contributed by atoms with Crippen molar-refractivity contribution < 1.29 is 29.1 Å². The van der Waals surface area contributed by atoms with Crippen molar-refractivity contribution in [3.8, 4) is 5.75 Å². The number of carboxylic acid groups (broad SMARTS) is 1. The Hall–Kier alpha value is -2.12.